The van der Waals surface area contributed by atoms with Crippen molar-refractivity contribution in [3.8, 4) is 0 Å². The van der Waals surface area contributed by atoms with Gasteiger partial charge in [-0.15, -0.1) is 6.58 Å². The lowest BCUT2D eigenvalue weighted by molar-refractivity contribution is 0.125. The van der Waals surface area contributed by atoms with E-state index < -0.39 is 0 Å². The van der Waals surface area contributed by atoms with Gasteiger partial charge in [-0.05, 0) is 79.3 Å². The fourth-order valence-electron chi connectivity index (χ4n) is 6.43. The smallest absolute Gasteiger partial charge is 0.00810 e. The van der Waals surface area contributed by atoms with Gasteiger partial charge >= 0.3 is 0 Å². The highest BCUT2D eigenvalue weighted by Crippen LogP contribution is 2.70. The van der Waals surface area contributed by atoms with Crippen LogP contribution >= 0.6 is 11.8 Å². The van der Waals surface area contributed by atoms with Crippen LogP contribution in [-0.4, -0.2) is 11.0 Å². The summed E-state index contributed by atoms with van der Waals surface area (Å²) in [6.45, 7) is 6.42. The number of unbranched alkanes of at least 4 members (excludes halogenated alkanes) is 1. The van der Waals surface area contributed by atoms with Crippen molar-refractivity contribution in [3.63, 3.8) is 0 Å². The molecular formula is C18H28S. The zero-order valence-electron chi connectivity index (χ0n) is 12.3. The molecule has 0 radical (unpaired) electrons. The molecule has 4 unspecified atom stereocenters. The molecule has 0 amide bonds. The Kier molecular flexibility index (Phi) is 3.25. The maximum absolute atomic E-state index is 4.10. The van der Waals surface area contributed by atoms with Crippen LogP contribution < -0.4 is 0 Å². The molecule has 0 nitrogen and oxygen atoms in total. The first-order chi connectivity index (χ1) is 9.33. The lowest BCUT2D eigenvalue weighted by atomic mass is 9.67. The van der Waals surface area contributed by atoms with Gasteiger partial charge in [-0.1, -0.05) is 19.4 Å². The first kappa shape index (κ1) is 12.8. The number of rotatable bonds is 5. The summed E-state index contributed by atoms with van der Waals surface area (Å²) in [5.41, 5.74) is 0. The molecule has 4 aliphatic carbocycles. The molecule has 0 aromatic heterocycles. The normalized spacial score (nSPS) is 53.7. The molecule has 4 rings (SSSR count). The molecule has 0 heterocycles. The molecule has 0 N–H and O–H groups in total. The molecule has 0 aliphatic heterocycles. The predicted octanol–water partition coefficient (Wildman–Crippen LogP) is 5.00. The van der Waals surface area contributed by atoms with Gasteiger partial charge in [0.05, 0.1) is 0 Å². The van der Waals surface area contributed by atoms with E-state index in [0.29, 0.717) is 0 Å². The second-order valence-corrected chi connectivity index (χ2v) is 8.95. The van der Waals surface area contributed by atoms with Crippen molar-refractivity contribution in [3.05, 3.63) is 12.7 Å². The second kappa shape index (κ2) is 4.83. The highest BCUT2D eigenvalue weighted by molar-refractivity contribution is 7.99. The van der Waals surface area contributed by atoms with Gasteiger partial charge in [-0.25, -0.2) is 0 Å². The minimum Gasteiger partial charge on any atom is -0.158 e. The molecule has 4 fully saturated rings. The zero-order chi connectivity index (χ0) is 13.0. The van der Waals surface area contributed by atoms with Crippen molar-refractivity contribution in [2.75, 3.05) is 5.75 Å². The molecule has 106 valence electrons. The van der Waals surface area contributed by atoms with Crippen LogP contribution in [0.3, 0.4) is 0 Å². The van der Waals surface area contributed by atoms with E-state index in [1.54, 1.807) is 19.3 Å². The topological polar surface area (TPSA) is 0 Å². The summed E-state index contributed by atoms with van der Waals surface area (Å²) in [7, 11) is 0. The first-order valence-electron chi connectivity index (χ1n) is 8.57. The summed E-state index contributed by atoms with van der Waals surface area (Å²) < 4.78 is 0. The minimum atomic E-state index is 0.886. The van der Waals surface area contributed by atoms with E-state index in [2.05, 4.69) is 31.3 Å². The Morgan fingerprint density at radius 3 is 2.58 bits per heavy atom. The van der Waals surface area contributed by atoms with Crippen LogP contribution in [-0.2, 0) is 0 Å². The Morgan fingerprint density at radius 2 is 1.79 bits per heavy atom. The van der Waals surface area contributed by atoms with Gasteiger partial charge in [0, 0.05) is 5.25 Å². The third kappa shape index (κ3) is 1.79. The number of thioether (sulfide) groups is 1. The van der Waals surface area contributed by atoms with Crippen molar-refractivity contribution < 1.29 is 0 Å². The van der Waals surface area contributed by atoms with E-state index in [-0.39, 0.29) is 0 Å². The second-order valence-electron chi connectivity index (χ2n) is 7.61. The summed E-state index contributed by atoms with van der Waals surface area (Å²) in [5, 5.41) is 1.04. The van der Waals surface area contributed by atoms with E-state index in [1.165, 1.54) is 25.0 Å². The third-order valence-electron chi connectivity index (χ3n) is 6.94. The van der Waals surface area contributed by atoms with E-state index in [9.17, 15) is 0 Å². The van der Waals surface area contributed by atoms with Crippen LogP contribution in [0.5, 0.6) is 0 Å². The van der Waals surface area contributed by atoms with Crippen LogP contribution in [0.4, 0.5) is 0 Å². The Bertz CT molecular complexity index is 363. The lowest BCUT2D eigenvalue weighted by Crippen LogP contribution is -2.36. The van der Waals surface area contributed by atoms with E-state index in [1.807, 2.05) is 0 Å². The maximum atomic E-state index is 4.10. The average molecular weight is 276 g/mol. The van der Waals surface area contributed by atoms with Crippen LogP contribution in [0, 0.1) is 41.4 Å². The van der Waals surface area contributed by atoms with E-state index in [4.69, 9.17) is 0 Å². The molecule has 8 atom stereocenters. The summed E-state index contributed by atoms with van der Waals surface area (Å²) in [4.78, 5) is 0. The van der Waals surface area contributed by atoms with Gasteiger partial charge in [0.25, 0.3) is 0 Å². The molecule has 0 aromatic carbocycles. The van der Waals surface area contributed by atoms with Crippen LogP contribution in [0.25, 0.3) is 0 Å². The Hall–Kier alpha value is 0.0900. The van der Waals surface area contributed by atoms with Crippen molar-refractivity contribution in [2.45, 2.75) is 50.7 Å². The quantitative estimate of drug-likeness (QED) is 0.387. The molecule has 1 heteroatoms. The molecule has 19 heavy (non-hydrogen) atoms. The third-order valence-corrected chi connectivity index (χ3v) is 8.44. The monoisotopic (exact) mass is 276 g/mol. The van der Waals surface area contributed by atoms with Gasteiger partial charge in [0.15, 0.2) is 0 Å². The van der Waals surface area contributed by atoms with Crippen molar-refractivity contribution >= 4 is 11.8 Å². The molecular weight excluding hydrogens is 248 g/mol. The molecule has 4 bridgehead atoms. The first-order valence-corrected chi connectivity index (χ1v) is 9.62. The molecule has 4 saturated carbocycles. The molecule has 0 aromatic rings. The Morgan fingerprint density at radius 1 is 1.05 bits per heavy atom. The Labute approximate surface area is 122 Å². The number of hydrogen-bond acceptors (Lipinski definition) is 1. The minimum absolute atomic E-state index is 0.886. The fourth-order valence-corrected chi connectivity index (χ4v) is 8.11. The van der Waals surface area contributed by atoms with E-state index >= 15 is 0 Å². The summed E-state index contributed by atoms with van der Waals surface area (Å²) in [6, 6.07) is 0. The molecule has 4 aliphatic rings. The number of fused-ring (bicyclic) bond motifs is 9. The molecule has 0 saturated heterocycles. The lowest BCUT2D eigenvalue weighted by Gasteiger charge is -2.40. The Balaban J connectivity index is 1.45. The fraction of sp³-hybridized carbons (Fsp3) is 0.889. The van der Waals surface area contributed by atoms with Crippen molar-refractivity contribution in [1.29, 1.82) is 0 Å². The van der Waals surface area contributed by atoms with Crippen molar-refractivity contribution in [1.82, 2.24) is 0 Å². The summed E-state index contributed by atoms with van der Waals surface area (Å²) >= 11 is 2.33. The predicted molar refractivity (Wildman–Crippen MR) is 84.2 cm³/mol. The number of allylic oxidation sites excluding steroid dienone is 1. The number of hydrogen-bond donors (Lipinski definition) is 0. The molecule has 0 spiro atoms. The van der Waals surface area contributed by atoms with Crippen molar-refractivity contribution in [2.24, 2.45) is 41.4 Å². The van der Waals surface area contributed by atoms with Gasteiger partial charge < -0.3 is 0 Å². The van der Waals surface area contributed by atoms with Gasteiger partial charge in [-0.2, -0.15) is 11.8 Å². The average Bonchev–Trinajstić information content (AvgIpc) is 3.15. The van der Waals surface area contributed by atoms with Crippen LogP contribution in [0.15, 0.2) is 12.7 Å². The van der Waals surface area contributed by atoms with Gasteiger partial charge in [0.2, 0.25) is 0 Å². The van der Waals surface area contributed by atoms with Crippen LogP contribution in [0.2, 0.25) is 0 Å². The highest BCUT2D eigenvalue weighted by Gasteiger charge is 2.63. The SMILES string of the molecule is C=C[C@H]1CC2C[C@H]1C1C3C[C@H](C21)[C@H](SCCCC)C3. The van der Waals surface area contributed by atoms with E-state index in [0.717, 1.165) is 46.7 Å². The zero-order valence-corrected chi connectivity index (χ0v) is 13.1. The van der Waals surface area contributed by atoms with Crippen LogP contribution in [0.1, 0.15) is 45.4 Å². The largest absolute Gasteiger partial charge is 0.158 e. The maximum Gasteiger partial charge on any atom is 0.00810 e. The summed E-state index contributed by atoms with van der Waals surface area (Å²) in [6.07, 6.45) is 11.3. The standard InChI is InChI=1S/C18H28S/c1-3-5-6-19-16-10-13-9-15(16)18-12-7-11(4-2)14(8-12)17(13)18/h4,11-18H,2-3,5-10H2,1H3/t11-,12?,13?,14+,15-,16+,17?,18?/m0/s1. The highest BCUT2D eigenvalue weighted by atomic mass is 32.2. The van der Waals surface area contributed by atoms with Gasteiger partial charge in [0.1, 0.15) is 0 Å². The summed E-state index contributed by atoms with van der Waals surface area (Å²) in [5.74, 6) is 8.91. The van der Waals surface area contributed by atoms with Gasteiger partial charge in [-0.3, -0.25) is 0 Å².